The van der Waals surface area contributed by atoms with Gasteiger partial charge in [-0.05, 0) is 54.8 Å². The van der Waals surface area contributed by atoms with Gasteiger partial charge in [-0.1, -0.05) is 19.4 Å². The van der Waals surface area contributed by atoms with Crippen molar-refractivity contribution in [2.45, 2.75) is 26.2 Å². The maximum absolute atomic E-state index is 11.8. The van der Waals surface area contributed by atoms with E-state index in [1.54, 1.807) is 26.4 Å². The molecule has 34 heavy (non-hydrogen) atoms. The Morgan fingerprint density at radius 1 is 1.00 bits per heavy atom. The van der Waals surface area contributed by atoms with Gasteiger partial charge in [-0.2, -0.15) is 0 Å². The van der Waals surface area contributed by atoms with E-state index in [9.17, 15) is 10.1 Å². The lowest BCUT2D eigenvalue weighted by molar-refractivity contribution is -0.383. The van der Waals surface area contributed by atoms with E-state index >= 15 is 0 Å². The van der Waals surface area contributed by atoms with Crippen molar-refractivity contribution >= 4 is 23.0 Å². The van der Waals surface area contributed by atoms with Crippen molar-refractivity contribution in [1.82, 2.24) is 9.97 Å². The second kappa shape index (κ2) is 12.2. The fourth-order valence-electron chi connectivity index (χ4n) is 3.24. The van der Waals surface area contributed by atoms with E-state index in [1.165, 1.54) is 6.33 Å². The number of hydrogen-bond donors (Lipinski definition) is 2. The van der Waals surface area contributed by atoms with Crippen LogP contribution in [-0.4, -0.2) is 42.3 Å². The second-order valence-electron chi connectivity index (χ2n) is 7.39. The maximum atomic E-state index is 11.8. The standard InChI is InChI=1S/C24H29N5O5/c1-4-5-14-34-19-9-7-18(8-10-19)28-24-22(29(30)31)23(26-16-27-24)25-13-12-17-6-11-20(32-2)21(15-17)33-3/h6-11,15-16H,4-5,12-14H2,1-3H3,(H2,25,26,27,28). The Labute approximate surface area is 198 Å². The Kier molecular flexibility index (Phi) is 8.84. The quantitative estimate of drug-likeness (QED) is 0.204. The van der Waals surface area contributed by atoms with Gasteiger partial charge in [-0.25, -0.2) is 9.97 Å². The van der Waals surface area contributed by atoms with Crippen molar-refractivity contribution in [2.75, 3.05) is 38.0 Å². The average Bonchev–Trinajstić information content (AvgIpc) is 2.85. The number of methoxy groups -OCH3 is 2. The van der Waals surface area contributed by atoms with Gasteiger partial charge in [0.25, 0.3) is 0 Å². The third-order valence-corrected chi connectivity index (χ3v) is 5.04. The number of nitrogens with zero attached hydrogens (tertiary/aromatic N) is 3. The molecule has 0 aliphatic carbocycles. The highest BCUT2D eigenvalue weighted by Crippen LogP contribution is 2.32. The normalized spacial score (nSPS) is 10.4. The lowest BCUT2D eigenvalue weighted by atomic mass is 10.1. The minimum absolute atomic E-state index is 0.105. The summed E-state index contributed by atoms with van der Waals surface area (Å²) in [6, 6.07) is 12.8. The fraction of sp³-hybridized carbons (Fsp3) is 0.333. The van der Waals surface area contributed by atoms with Gasteiger partial charge in [0, 0.05) is 12.2 Å². The third kappa shape index (κ3) is 6.47. The Balaban J connectivity index is 1.68. The first-order chi connectivity index (χ1) is 16.5. The summed E-state index contributed by atoms with van der Waals surface area (Å²) in [7, 11) is 3.15. The molecule has 0 unspecified atom stereocenters. The SMILES string of the molecule is CCCCOc1ccc(Nc2ncnc(NCCc3ccc(OC)c(OC)c3)c2[N+](=O)[O-])cc1. The molecule has 10 heteroatoms. The van der Waals surface area contributed by atoms with Gasteiger partial charge in [0.15, 0.2) is 11.5 Å². The van der Waals surface area contributed by atoms with E-state index in [1.807, 2.05) is 30.3 Å². The molecule has 0 fully saturated rings. The molecule has 3 aromatic rings. The zero-order valence-electron chi connectivity index (χ0n) is 19.5. The lowest BCUT2D eigenvalue weighted by Crippen LogP contribution is -2.11. The van der Waals surface area contributed by atoms with E-state index in [4.69, 9.17) is 14.2 Å². The molecule has 1 heterocycles. The summed E-state index contributed by atoms with van der Waals surface area (Å²) in [6.45, 7) is 3.18. The van der Waals surface area contributed by atoms with Crippen LogP contribution in [0.3, 0.4) is 0 Å². The number of aromatic nitrogens is 2. The van der Waals surface area contributed by atoms with Crippen LogP contribution >= 0.6 is 0 Å². The molecule has 0 bridgehead atoms. The van der Waals surface area contributed by atoms with Crippen molar-refractivity contribution in [3.05, 3.63) is 64.5 Å². The number of anilines is 3. The summed E-state index contributed by atoms with van der Waals surface area (Å²) < 4.78 is 16.2. The highest BCUT2D eigenvalue weighted by molar-refractivity contribution is 5.73. The molecule has 0 spiro atoms. The number of unbranched alkanes of at least 4 members (excludes halogenated alkanes) is 1. The molecule has 0 aliphatic heterocycles. The van der Waals surface area contributed by atoms with Crippen LogP contribution in [-0.2, 0) is 6.42 Å². The van der Waals surface area contributed by atoms with E-state index < -0.39 is 4.92 Å². The first-order valence-corrected chi connectivity index (χ1v) is 11.0. The van der Waals surface area contributed by atoms with Crippen molar-refractivity contribution < 1.29 is 19.1 Å². The predicted molar refractivity (Wildman–Crippen MR) is 131 cm³/mol. The molecule has 0 saturated carbocycles. The summed E-state index contributed by atoms with van der Waals surface area (Å²) in [5, 5.41) is 17.9. The zero-order valence-corrected chi connectivity index (χ0v) is 19.5. The van der Waals surface area contributed by atoms with Gasteiger partial charge in [-0.15, -0.1) is 0 Å². The molecule has 3 rings (SSSR count). The summed E-state index contributed by atoms with van der Waals surface area (Å²) >= 11 is 0. The number of rotatable bonds is 13. The Morgan fingerprint density at radius 2 is 1.74 bits per heavy atom. The molecule has 1 aromatic heterocycles. The molecule has 0 radical (unpaired) electrons. The molecular formula is C24H29N5O5. The molecule has 0 aliphatic rings. The van der Waals surface area contributed by atoms with E-state index in [2.05, 4.69) is 27.5 Å². The number of nitro groups is 1. The number of ether oxygens (including phenoxy) is 3. The highest BCUT2D eigenvalue weighted by atomic mass is 16.6. The molecule has 2 aromatic carbocycles. The maximum Gasteiger partial charge on any atom is 0.353 e. The second-order valence-corrected chi connectivity index (χ2v) is 7.39. The van der Waals surface area contributed by atoms with Crippen LogP contribution in [0.15, 0.2) is 48.8 Å². The minimum Gasteiger partial charge on any atom is -0.494 e. The van der Waals surface area contributed by atoms with Crippen LogP contribution in [0.4, 0.5) is 23.0 Å². The van der Waals surface area contributed by atoms with Crippen LogP contribution in [0.2, 0.25) is 0 Å². The Morgan fingerprint density at radius 3 is 2.41 bits per heavy atom. The van der Waals surface area contributed by atoms with Crippen molar-refractivity contribution in [1.29, 1.82) is 0 Å². The van der Waals surface area contributed by atoms with Crippen molar-refractivity contribution in [2.24, 2.45) is 0 Å². The zero-order chi connectivity index (χ0) is 24.3. The third-order valence-electron chi connectivity index (χ3n) is 5.04. The summed E-state index contributed by atoms with van der Waals surface area (Å²) in [5.41, 5.74) is 1.42. The topological polar surface area (TPSA) is 121 Å². The lowest BCUT2D eigenvalue weighted by Gasteiger charge is -2.12. The van der Waals surface area contributed by atoms with Gasteiger partial charge >= 0.3 is 5.69 Å². The molecular weight excluding hydrogens is 438 g/mol. The Hall–Kier alpha value is -4.08. The first-order valence-electron chi connectivity index (χ1n) is 11.0. The predicted octanol–water partition coefficient (Wildman–Crippen LogP) is 4.98. The molecule has 2 N–H and O–H groups in total. The molecule has 180 valence electrons. The van der Waals surface area contributed by atoms with E-state index in [-0.39, 0.29) is 17.3 Å². The van der Waals surface area contributed by atoms with Crippen LogP contribution in [0.1, 0.15) is 25.3 Å². The van der Waals surface area contributed by atoms with Gasteiger partial charge in [0.05, 0.1) is 25.7 Å². The van der Waals surface area contributed by atoms with Crippen LogP contribution in [0.5, 0.6) is 17.2 Å². The smallest absolute Gasteiger partial charge is 0.353 e. The molecule has 0 atom stereocenters. The average molecular weight is 468 g/mol. The van der Waals surface area contributed by atoms with E-state index in [0.29, 0.717) is 36.8 Å². The number of hydrogen-bond acceptors (Lipinski definition) is 9. The number of nitrogens with one attached hydrogen (secondary N) is 2. The number of benzene rings is 2. The minimum atomic E-state index is -0.497. The van der Waals surface area contributed by atoms with Gasteiger partial charge in [-0.3, -0.25) is 10.1 Å². The van der Waals surface area contributed by atoms with Crippen molar-refractivity contribution in [3.63, 3.8) is 0 Å². The van der Waals surface area contributed by atoms with Crippen molar-refractivity contribution in [3.8, 4) is 17.2 Å². The van der Waals surface area contributed by atoms with Crippen LogP contribution < -0.4 is 24.8 Å². The first kappa shape index (κ1) is 24.6. The van der Waals surface area contributed by atoms with Crippen LogP contribution in [0, 0.1) is 10.1 Å². The summed E-state index contributed by atoms with van der Waals surface area (Å²) in [5.74, 6) is 2.26. The van der Waals surface area contributed by atoms with Gasteiger partial charge < -0.3 is 24.8 Å². The summed E-state index contributed by atoms with van der Waals surface area (Å²) in [4.78, 5) is 19.5. The monoisotopic (exact) mass is 467 g/mol. The van der Waals surface area contributed by atoms with E-state index in [0.717, 1.165) is 24.2 Å². The largest absolute Gasteiger partial charge is 0.494 e. The van der Waals surface area contributed by atoms with Gasteiger partial charge in [0.1, 0.15) is 12.1 Å². The van der Waals surface area contributed by atoms with Gasteiger partial charge in [0.2, 0.25) is 11.6 Å². The molecule has 0 amide bonds. The summed E-state index contributed by atoms with van der Waals surface area (Å²) in [6.07, 6.45) is 3.93. The molecule has 10 nitrogen and oxygen atoms in total. The Bertz CT molecular complexity index is 1090. The fourth-order valence-corrected chi connectivity index (χ4v) is 3.24. The highest BCUT2D eigenvalue weighted by Gasteiger charge is 2.23. The van der Waals surface area contributed by atoms with Crippen LogP contribution in [0.25, 0.3) is 0 Å². The molecule has 0 saturated heterocycles.